The van der Waals surface area contributed by atoms with Crippen LogP contribution in [0.5, 0.6) is 0 Å². The van der Waals surface area contributed by atoms with Crippen molar-refractivity contribution in [2.75, 3.05) is 0 Å². The number of fused-ring (bicyclic) bond motifs is 1. The Morgan fingerprint density at radius 3 is 2.85 bits per heavy atom. The summed E-state index contributed by atoms with van der Waals surface area (Å²) in [6.45, 7) is 0. The Bertz CT molecular complexity index is 442. The predicted octanol–water partition coefficient (Wildman–Crippen LogP) is 3.11. The molecule has 0 fully saturated rings. The first-order valence-electron chi connectivity index (χ1n) is 3.90. The molecule has 3 heteroatoms. The van der Waals surface area contributed by atoms with Gasteiger partial charge in [-0.3, -0.25) is 4.98 Å². The molecule has 0 spiro atoms. The van der Waals surface area contributed by atoms with Crippen LogP contribution in [0, 0.1) is 5.82 Å². The molecule has 0 aliphatic rings. The Labute approximate surface area is 80.2 Å². The zero-order valence-corrected chi connectivity index (χ0v) is 7.55. The summed E-state index contributed by atoms with van der Waals surface area (Å²) in [5, 5.41) is 1.76. The molecule has 0 atom stereocenters. The second-order valence-electron chi connectivity index (χ2n) is 2.80. The Kier molecular flexibility index (Phi) is 2.15. The van der Waals surface area contributed by atoms with E-state index in [4.69, 9.17) is 11.6 Å². The van der Waals surface area contributed by atoms with Crippen LogP contribution in [0.15, 0.2) is 30.5 Å². The summed E-state index contributed by atoms with van der Waals surface area (Å²) in [6.07, 6.45) is 1.70. The number of halogens is 2. The number of aromatic nitrogens is 1. The van der Waals surface area contributed by atoms with Crippen LogP contribution in [0.3, 0.4) is 0 Å². The lowest BCUT2D eigenvalue weighted by molar-refractivity contribution is 0.629. The normalized spacial score (nSPS) is 10.6. The summed E-state index contributed by atoms with van der Waals surface area (Å²) in [5.74, 6) is 0.117. The number of hydrogen-bond donors (Lipinski definition) is 0. The molecule has 0 unspecified atom stereocenters. The molecule has 0 aliphatic carbocycles. The van der Waals surface area contributed by atoms with Gasteiger partial charge in [0, 0.05) is 11.6 Å². The van der Waals surface area contributed by atoms with Crippen molar-refractivity contribution < 1.29 is 4.39 Å². The lowest BCUT2D eigenvalue weighted by Crippen LogP contribution is -1.85. The molecule has 13 heavy (non-hydrogen) atoms. The van der Waals surface area contributed by atoms with E-state index in [-0.39, 0.29) is 5.82 Å². The van der Waals surface area contributed by atoms with E-state index in [1.54, 1.807) is 18.3 Å². The molecular formula is C10H7ClFN. The van der Waals surface area contributed by atoms with Crippen molar-refractivity contribution in [1.29, 1.82) is 0 Å². The highest BCUT2D eigenvalue weighted by Gasteiger charge is 1.98. The van der Waals surface area contributed by atoms with Gasteiger partial charge in [-0.25, -0.2) is 4.39 Å². The monoisotopic (exact) mass is 195 g/mol. The van der Waals surface area contributed by atoms with Crippen molar-refractivity contribution >= 4 is 22.4 Å². The molecule has 2 rings (SSSR count). The molecule has 2 aromatic rings. The lowest BCUT2D eigenvalue weighted by Gasteiger charge is -1.99. The van der Waals surface area contributed by atoms with Gasteiger partial charge in [-0.15, -0.1) is 11.6 Å². The first kappa shape index (κ1) is 8.45. The van der Waals surface area contributed by atoms with E-state index < -0.39 is 0 Å². The molecule has 66 valence electrons. The molecule has 0 N–H and O–H groups in total. The average Bonchev–Trinajstić information content (AvgIpc) is 2.16. The van der Waals surface area contributed by atoms with Gasteiger partial charge in [-0.2, -0.15) is 0 Å². The quantitative estimate of drug-likeness (QED) is 0.638. The topological polar surface area (TPSA) is 12.9 Å². The van der Waals surface area contributed by atoms with Crippen LogP contribution in [0.4, 0.5) is 4.39 Å². The van der Waals surface area contributed by atoms with Gasteiger partial charge in [0.05, 0.1) is 11.6 Å². The van der Waals surface area contributed by atoms with Gasteiger partial charge in [0.1, 0.15) is 5.82 Å². The summed E-state index contributed by atoms with van der Waals surface area (Å²) in [4.78, 5) is 4.10. The lowest BCUT2D eigenvalue weighted by atomic mass is 10.1. The summed E-state index contributed by atoms with van der Waals surface area (Å²) < 4.78 is 12.8. The highest BCUT2D eigenvalue weighted by atomic mass is 35.5. The van der Waals surface area contributed by atoms with Crippen LogP contribution in [0.25, 0.3) is 10.8 Å². The van der Waals surface area contributed by atoms with E-state index >= 15 is 0 Å². The fourth-order valence-corrected chi connectivity index (χ4v) is 1.38. The molecule has 0 saturated heterocycles. The molecule has 1 nitrogen and oxygen atoms in total. The fraction of sp³-hybridized carbons (Fsp3) is 0.100. The van der Waals surface area contributed by atoms with Crippen LogP contribution in [0.1, 0.15) is 5.69 Å². The smallest absolute Gasteiger partial charge is 0.123 e. The molecular weight excluding hydrogens is 189 g/mol. The Balaban J connectivity index is 2.68. The van der Waals surface area contributed by atoms with Crippen molar-refractivity contribution in [3.8, 4) is 0 Å². The largest absolute Gasteiger partial charge is 0.259 e. The van der Waals surface area contributed by atoms with Crippen molar-refractivity contribution in [3.05, 3.63) is 42.0 Å². The third-order valence-corrected chi connectivity index (χ3v) is 2.15. The molecule has 0 bridgehead atoms. The first-order valence-corrected chi connectivity index (χ1v) is 4.43. The third-order valence-electron chi connectivity index (χ3n) is 1.88. The van der Waals surface area contributed by atoms with Gasteiger partial charge in [0.2, 0.25) is 0 Å². The van der Waals surface area contributed by atoms with E-state index in [9.17, 15) is 4.39 Å². The van der Waals surface area contributed by atoms with Gasteiger partial charge < -0.3 is 0 Å². The van der Waals surface area contributed by atoms with Crippen LogP contribution in [-0.2, 0) is 5.88 Å². The summed E-state index contributed by atoms with van der Waals surface area (Å²) >= 11 is 5.61. The maximum absolute atomic E-state index is 12.8. The molecule has 0 radical (unpaired) electrons. The molecule has 0 amide bonds. The van der Waals surface area contributed by atoms with Crippen LogP contribution in [0.2, 0.25) is 0 Å². The average molecular weight is 196 g/mol. The second kappa shape index (κ2) is 3.30. The van der Waals surface area contributed by atoms with E-state index in [1.165, 1.54) is 12.1 Å². The number of benzene rings is 1. The zero-order valence-electron chi connectivity index (χ0n) is 6.80. The first-order chi connectivity index (χ1) is 6.29. The summed E-state index contributed by atoms with van der Waals surface area (Å²) in [7, 11) is 0. The van der Waals surface area contributed by atoms with E-state index in [0.717, 1.165) is 16.5 Å². The van der Waals surface area contributed by atoms with Crippen molar-refractivity contribution in [2.24, 2.45) is 0 Å². The van der Waals surface area contributed by atoms with Crippen LogP contribution < -0.4 is 0 Å². The van der Waals surface area contributed by atoms with Gasteiger partial charge in [-0.05, 0) is 29.7 Å². The molecule has 1 heterocycles. The Morgan fingerprint density at radius 1 is 1.23 bits per heavy atom. The van der Waals surface area contributed by atoms with Crippen molar-refractivity contribution in [2.45, 2.75) is 5.88 Å². The Hall–Kier alpha value is -1.15. The maximum Gasteiger partial charge on any atom is 0.123 e. The van der Waals surface area contributed by atoms with Gasteiger partial charge in [0.15, 0.2) is 0 Å². The number of nitrogens with zero attached hydrogens (tertiary/aromatic N) is 1. The highest BCUT2D eigenvalue weighted by molar-refractivity contribution is 6.17. The number of pyridine rings is 1. The number of hydrogen-bond acceptors (Lipinski definition) is 1. The van der Waals surface area contributed by atoms with Crippen LogP contribution >= 0.6 is 11.6 Å². The van der Waals surface area contributed by atoms with Gasteiger partial charge in [0.25, 0.3) is 0 Å². The predicted molar refractivity (Wildman–Crippen MR) is 51.3 cm³/mol. The third kappa shape index (κ3) is 1.63. The fourth-order valence-electron chi connectivity index (χ4n) is 1.23. The van der Waals surface area contributed by atoms with E-state index in [2.05, 4.69) is 4.98 Å². The standard InChI is InChI=1S/C10H7ClFN/c11-5-10-4-8-3-9(12)2-1-7(8)6-13-10/h1-4,6H,5H2. The van der Waals surface area contributed by atoms with E-state index in [1.807, 2.05) is 0 Å². The molecule has 0 saturated carbocycles. The van der Waals surface area contributed by atoms with Crippen molar-refractivity contribution in [1.82, 2.24) is 4.98 Å². The maximum atomic E-state index is 12.8. The minimum absolute atomic E-state index is 0.237. The minimum Gasteiger partial charge on any atom is -0.259 e. The van der Waals surface area contributed by atoms with E-state index in [0.29, 0.717) is 5.88 Å². The minimum atomic E-state index is -0.237. The summed E-state index contributed by atoms with van der Waals surface area (Å²) in [6, 6.07) is 6.40. The second-order valence-corrected chi connectivity index (χ2v) is 3.07. The molecule has 1 aromatic carbocycles. The Morgan fingerprint density at radius 2 is 2.08 bits per heavy atom. The molecule has 0 aliphatic heterocycles. The number of rotatable bonds is 1. The van der Waals surface area contributed by atoms with Gasteiger partial charge in [-0.1, -0.05) is 0 Å². The molecule has 1 aromatic heterocycles. The SMILES string of the molecule is Fc1ccc2cnc(CCl)cc2c1. The van der Waals surface area contributed by atoms with Gasteiger partial charge >= 0.3 is 0 Å². The van der Waals surface area contributed by atoms with Crippen molar-refractivity contribution in [3.63, 3.8) is 0 Å². The summed E-state index contributed by atoms with van der Waals surface area (Å²) in [5.41, 5.74) is 0.764. The van der Waals surface area contributed by atoms with Crippen LogP contribution in [-0.4, -0.2) is 4.98 Å². The highest BCUT2D eigenvalue weighted by Crippen LogP contribution is 2.16. The zero-order chi connectivity index (χ0) is 9.26. The number of alkyl halides is 1.